The smallest absolute Gasteiger partial charge is 0.309 e. The predicted molar refractivity (Wildman–Crippen MR) is 65.0 cm³/mol. The summed E-state index contributed by atoms with van der Waals surface area (Å²) in [6.45, 7) is 3.66. The number of carbonyl (C=O) groups excluding carboxylic acids is 1. The lowest BCUT2D eigenvalue weighted by Crippen LogP contribution is -2.38. The molecule has 0 aliphatic heterocycles. The first-order chi connectivity index (χ1) is 8.84. The first kappa shape index (κ1) is 14.8. The van der Waals surface area contributed by atoms with Gasteiger partial charge in [0.1, 0.15) is 12.6 Å². The number of Topliss-reactive ketones (excluding diaryl/α,β-unsaturated/α-hetero) is 1. The fourth-order valence-corrected chi connectivity index (χ4v) is 1.43. The molecule has 6 nitrogen and oxygen atoms in total. The van der Waals surface area contributed by atoms with Gasteiger partial charge in [-0.1, -0.05) is 4.68 Å². The maximum Gasteiger partial charge on any atom is 0.309 e. The van der Waals surface area contributed by atoms with Crippen LogP contribution in [0.15, 0.2) is 18.5 Å². The summed E-state index contributed by atoms with van der Waals surface area (Å²) in [5.41, 5.74) is -0.276. The maximum absolute atomic E-state index is 11.9. The third-order valence-corrected chi connectivity index (χ3v) is 2.55. The van der Waals surface area contributed by atoms with Crippen molar-refractivity contribution in [1.29, 1.82) is 5.26 Å². The van der Waals surface area contributed by atoms with Gasteiger partial charge in [-0.2, -0.15) is 5.26 Å². The second kappa shape index (κ2) is 6.05. The molecule has 1 aromatic heterocycles. The van der Waals surface area contributed by atoms with Crippen LogP contribution in [-0.4, -0.2) is 22.0 Å². The van der Waals surface area contributed by atoms with Crippen LogP contribution in [0.4, 0.5) is 0 Å². The van der Waals surface area contributed by atoms with Crippen molar-refractivity contribution >= 4 is 11.8 Å². The Labute approximate surface area is 111 Å². The van der Waals surface area contributed by atoms with Crippen molar-refractivity contribution in [1.82, 2.24) is 5.10 Å². The molecular formula is C13H16N3O3+. The molecular weight excluding hydrogens is 246 g/mol. The lowest BCUT2D eigenvalue weighted by atomic mass is 9.87. The number of nitriles is 1. The number of rotatable bonds is 6. The van der Waals surface area contributed by atoms with Crippen molar-refractivity contribution in [2.75, 3.05) is 0 Å². The highest BCUT2D eigenvalue weighted by Gasteiger charge is 2.23. The normalized spacial score (nSPS) is 10.8. The zero-order valence-electron chi connectivity index (χ0n) is 11.0. The van der Waals surface area contributed by atoms with Crippen molar-refractivity contribution in [3.8, 4) is 6.07 Å². The van der Waals surface area contributed by atoms with Crippen LogP contribution in [-0.2, 0) is 11.3 Å². The molecule has 0 amide bonds. The van der Waals surface area contributed by atoms with Gasteiger partial charge in [-0.05, 0) is 18.9 Å². The molecule has 0 aliphatic carbocycles. The van der Waals surface area contributed by atoms with E-state index in [4.69, 9.17) is 10.4 Å². The summed E-state index contributed by atoms with van der Waals surface area (Å²) in [5, 5.41) is 21.4. The minimum absolute atomic E-state index is 0.0214. The third-order valence-electron chi connectivity index (χ3n) is 2.55. The Morgan fingerprint density at radius 1 is 1.53 bits per heavy atom. The van der Waals surface area contributed by atoms with E-state index in [0.29, 0.717) is 5.56 Å². The molecule has 0 saturated heterocycles. The standard InChI is InChI=1S/C13H15N3O3/c1-13(2,9-14)7-11(17)10-3-5-16(15-8-10)6-4-12(18)19/h3,5,8H,4,6-7H2,1-2H3/p+1. The Morgan fingerprint density at radius 2 is 2.21 bits per heavy atom. The summed E-state index contributed by atoms with van der Waals surface area (Å²) in [5.74, 6) is -1.05. The van der Waals surface area contributed by atoms with Crippen molar-refractivity contribution in [2.24, 2.45) is 5.41 Å². The number of carboxylic acid groups (broad SMARTS) is 1. The van der Waals surface area contributed by atoms with E-state index < -0.39 is 11.4 Å². The minimum atomic E-state index is -0.898. The molecule has 0 aromatic carbocycles. The average molecular weight is 262 g/mol. The summed E-state index contributed by atoms with van der Waals surface area (Å²) in [4.78, 5) is 22.3. The summed E-state index contributed by atoms with van der Waals surface area (Å²) < 4.78 is 1.46. The molecule has 6 heteroatoms. The number of hydrogen-bond acceptors (Lipinski definition) is 4. The summed E-state index contributed by atoms with van der Waals surface area (Å²) in [6, 6.07) is 3.66. The predicted octanol–water partition coefficient (Wildman–Crippen LogP) is 0.966. The second-order valence-electron chi connectivity index (χ2n) is 4.92. The summed E-state index contributed by atoms with van der Waals surface area (Å²) in [7, 11) is 0. The van der Waals surface area contributed by atoms with Gasteiger partial charge in [0.2, 0.25) is 0 Å². The van der Waals surface area contributed by atoms with Crippen LogP contribution in [0.3, 0.4) is 0 Å². The number of hydrogen-bond donors (Lipinski definition) is 1. The molecule has 19 heavy (non-hydrogen) atoms. The molecule has 0 bridgehead atoms. The topological polar surface area (TPSA) is 94.9 Å². The van der Waals surface area contributed by atoms with Gasteiger partial charge in [0.25, 0.3) is 0 Å². The van der Waals surface area contributed by atoms with Gasteiger partial charge in [-0.3, -0.25) is 9.59 Å². The average Bonchev–Trinajstić information content (AvgIpc) is 2.36. The highest BCUT2D eigenvalue weighted by molar-refractivity contribution is 5.96. The quantitative estimate of drug-likeness (QED) is 0.608. The van der Waals surface area contributed by atoms with Crippen LogP contribution in [0.5, 0.6) is 0 Å². The number of aryl methyl sites for hydroxylation is 1. The van der Waals surface area contributed by atoms with Crippen LogP contribution < -0.4 is 4.68 Å². The van der Waals surface area contributed by atoms with E-state index in [0.717, 1.165) is 0 Å². The van der Waals surface area contributed by atoms with Crippen LogP contribution in [0.2, 0.25) is 0 Å². The fourth-order valence-electron chi connectivity index (χ4n) is 1.43. The van der Waals surface area contributed by atoms with E-state index in [1.807, 2.05) is 0 Å². The molecule has 0 unspecified atom stereocenters. The van der Waals surface area contributed by atoms with Gasteiger partial charge in [0.05, 0.1) is 11.5 Å². The number of carbonyl (C=O) groups is 2. The largest absolute Gasteiger partial charge is 0.481 e. The van der Waals surface area contributed by atoms with Crippen molar-refractivity contribution in [2.45, 2.75) is 33.2 Å². The zero-order valence-corrected chi connectivity index (χ0v) is 11.0. The van der Waals surface area contributed by atoms with Gasteiger partial charge in [-0.15, -0.1) is 0 Å². The van der Waals surface area contributed by atoms with Crippen molar-refractivity contribution < 1.29 is 19.4 Å². The molecule has 1 rings (SSSR count). The SMILES string of the molecule is CC(C)(C#N)CC(=O)c1cc[n+](CCC(=O)O)nc1. The third kappa shape index (κ3) is 4.84. The molecule has 0 aliphatic rings. The molecule has 0 radical (unpaired) electrons. The van der Waals surface area contributed by atoms with Gasteiger partial charge in [-0.25, -0.2) is 0 Å². The second-order valence-corrected chi connectivity index (χ2v) is 4.92. The van der Waals surface area contributed by atoms with Crippen molar-refractivity contribution in [3.05, 3.63) is 24.0 Å². The molecule has 0 saturated carbocycles. The van der Waals surface area contributed by atoms with Crippen LogP contribution in [0, 0.1) is 16.7 Å². The molecule has 1 aromatic rings. The Balaban J connectivity index is 2.69. The minimum Gasteiger partial charge on any atom is -0.481 e. The van der Waals surface area contributed by atoms with E-state index in [1.54, 1.807) is 26.1 Å². The Bertz CT molecular complexity index is 515. The number of aliphatic carboxylic acids is 1. The molecule has 0 atom stereocenters. The van der Waals surface area contributed by atoms with Crippen LogP contribution in [0.25, 0.3) is 0 Å². The first-order valence-electron chi connectivity index (χ1n) is 5.86. The lowest BCUT2D eigenvalue weighted by molar-refractivity contribution is -0.753. The molecule has 100 valence electrons. The van der Waals surface area contributed by atoms with Crippen LogP contribution in [0.1, 0.15) is 37.0 Å². The van der Waals surface area contributed by atoms with Gasteiger partial charge < -0.3 is 5.11 Å². The van der Waals surface area contributed by atoms with E-state index in [1.165, 1.54) is 10.9 Å². The van der Waals surface area contributed by atoms with E-state index in [-0.39, 0.29) is 25.2 Å². The molecule has 0 fully saturated rings. The van der Waals surface area contributed by atoms with Crippen molar-refractivity contribution in [3.63, 3.8) is 0 Å². The van der Waals surface area contributed by atoms with E-state index in [9.17, 15) is 9.59 Å². The van der Waals surface area contributed by atoms with Gasteiger partial charge in [0, 0.05) is 18.1 Å². The van der Waals surface area contributed by atoms with E-state index in [2.05, 4.69) is 11.2 Å². The van der Waals surface area contributed by atoms with Crippen LogP contribution >= 0.6 is 0 Å². The number of carboxylic acids is 1. The highest BCUT2D eigenvalue weighted by Crippen LogP contribution is 2.20. The maximum atomic E-state index is 11.9. The number of aromatic nitrogens is 2. The van der Waals surface area contributed by atoms with Gasteiger partial charge >= 0.3 is 5.97 Å². The highest BCUT2D eigenvalue weighted by atomic mass is 16.4. The van der Waals surface area contributed by atoms with E-state index >= 15 is 0 Å². The molecule has 0 spiro atoms. The first-order valence-corrected chi connectivity index (χ1v) is 5.86. The fraction of sp³-hybridized carbons (Fsp3) is 0.462. The summed E-state index contributed by atoms with van der Waals surface area (Å²) >= 11 is 0. The lowest BCUT2D eigenvalue weighted by Gasteiger charge is -2.12. The Kier molecular flexibility index (Phi) is 4.70. The monoisotopic (exact) mass is 262 g/mol. The van der Waals surface area contributed by atoms with Gasteiger partial charge in [0.15, 0.2) is 18.5 Å². The molecule has 1 N–H and O–H groups in total. The number of ketones is 1. The Morgan fingerprint density at radius 3 is 2.68 bits per heavy atom. The Hall–Kier alpha value is -2.29. The summed E-state index contributed by atoms with van der Waals surface area (Å²) in [6.07, 6.45) is 3.07. The number of nitrogens with zero attached hydrogens (tertiary/aromatic N) is 3. The zero-order chi connectivity index (χ0) is 14.5. The molecule has 1 heterocycles.